The first kappa shape index (κ1) is 27.3. The summed E-state index contributed by atoms with van der Waals surface area (Å²) in [6.45, 7) is 5.55. The maximum Gasteiger partial charge on any atom is 0.421 e. The highest BCUT2D eigenvalue weighted by molar-refractivity contribution is 5.68. The van der Waals surface area contributed by atoms with Crippen LogP contribution in [0.15, 0.2) is 24.4 Å². The van der Waals surface area contributed by atoms with Crippen molar-refractivity contribution < 1.29 is 22.7 Å². The number of alkyl halides is 3. The Morgan fingerprint density at radius 3 is 2.64 bits per heavy atom. The number of aromatic nitrogens is 2. The van der Waals surface area contributed by atoms with E-state index in [1.165, 1.54) is 5.69 Å². The fourth-order valence-corrected chi connectivity index (χ4v) is 4.99. The molecular weight excluding hydrogens is 511 g/mol. The van der Waals surface area contributed by atoms with E-state index < -0.39 is 11.7 Å². The number of anilines is 4. The van der Waals surface area contributed by atoms with E-state index in [0.717, 1.165) is 69.3 Å². The first-order valence-corrected chi connectivity index (χ1v) is 13.7. The Bertz CT molecular complexity index is 1150. The third kappa shape index (κ3) is 7.03. The zero-order valence-electron chi connectivity index (χ0n) is 22.3. The minimum Gasteiger partial charge on any atom is -0.449 e. The van der Waals surface area contributed by atoms with Crippen LogP contribution in [-0.4, -0.2) is 85.3 Å². The number of halogens is 3. The predicted molar refractivity (Wildman–Crippen MR) is 144 cm³/mol. The van der Waals surface area contributed by atoms with Crippen molar-refractivity contribution >= 4 is 29.2 Å². The summed E-state index contributed by atoms with van der Waals surface area (Å²) in [7, 11) is 2.12. The van der Waals surface area contributed by atoms with Gasteiger partial charge in [0, 0.05) is 63.4 Å². The molecule has 0 radical (unpaired) electrons. The number of likely N-dealkylation sites (N-methyl/N-ethyl adjacent to an activating group) is 1. The van der Waals surface area contributed by atoms with Gasteiger partial charge in [0.15, 0.2) is 0 Å². The number of amides is 1. The lowest BCUT2D eigenvalue weighted by Crippen LogP contribution is -2.44. The molecule has 1 aromatic heterocycles. The third-order valence-corrected chi connectivity index (χ3v) is 7.46. The SMILES string of the molecule is CN1CCN(c2ccc(Nc3ncc(C(F)(F)F)c(NCCCN4CCCCOC4=O)n3)c(C3CC3)c2)CC1. The number of carbonyl (C=O) groups excluding carboxylic acids is 1. The number of cyclic esters (lactones) is 1. The lowest BCUT2D eigenvalue weighted by atomic mass is 10.1. The van der Waals surface area contributed by atoms with Crippen molar-refractivity contribution in [3.63, 3.8) is 0 Å². The van der Waals surface area contributed by atoms with Crippen molar-refractivity contribution in [1.82, 2.24) is 19.8 Å². The number of hydrogen-bond donors (Lipinski definition) is 2. The minimum absolute atomic E-state index is 0.107. The van der Waals surface area contributed by atoms with Gasteiger partial charge in [-0.05, 0) is 68.8 Å². The number of benzene rings is 1. The second-order valence-electron chi connectivity index (χ2n) is 10.5. The van der Waals surface area contributed by atoms with Gasteiger partial charge in [0.25, 0.3) is 0 Å². The standard InChI is InChI=1S/C27H36F3N7O2/c1-35-12-14-36(15-13-35)20-7-8-23(21(17-20)19-5-6-19)33-25-32-18-22(27(28,29)30)24(34-25)31-9-4-11-37-10-2-3-16-39-26(37)38/h7-8,17-19H,2-6,9-16H2,1H3,(H2,31,32,33,34). The van der Waals surface area contributed by atoms with Crippen LogP contribution < -0.4 is 15.5 Å². The van der Waals surface area contributed by atoms with Crippen LogP contribution in [-0.2, 0) is 10.9 Å². The van der Waals surface area contributed by atoms with Crippen molar-refractivity contribution in [3.05, 3.63) is 35.5 Å². The van der Waals surface area contributed by atoms with Gasteiger partial charge < -0.3 is 30.1 Å². The molecule has 9 nitrogen and oxygen atoms in total. The minimum atomic E-state index is -4.60. The topological polar surface area (TPSA) is 85.9 Å². The van der Waals surface area contributed by atoms with Crippen LogP contribution >= 0.6 is 0 Å². The van der Waals surface area contributed by atoms with Gasteiger partial charge in [-0.25, -0.2) is 9.78 Å². The quantitative estimate of drug-likeness (QED) is 0.429. The zero-order chi connectivity index (χ0) is 27.4. The molecule has 1 amide bonds. The summed E-state index contributed by atoms with van der Waals surface area (Å²) < 4.78 is 46.3. The maximum absolute atomic E-state index is 13.7. The number of carbonyl (C=O) groups is 1. The van der Waals surface area contributed by atoms with E-state index in [9.17, 15) is 18.0 Å². The van der Waals surface area contributed by atoms with Crippen LogP contribution in [0.3, 0.4) is 0 Å². The van der Waals surface area contributed by atoms with E-state index in [0.29, 0.717) is 32.0 Å². The number of nitrogens with one attached hydrogen (secondary N) is 2. The molecule has 3 fully saturated rings. The van der Waals surface area contributed by atoms with Gasteiger partial charge in [-0.15, -0.1) is 0 Å². The van der Waals surface area contributed by atoms with Crippen molar-refractivity contribution in [1.29, 1.82) is 0 Å². The molecule has 2 aromatic rings. The number of rotatable bonds is 9. The van der Waals surface area contributed by atoms with Crippen molar-refractivity contribution in [2.24, 2.45) is 0 Å². The maximum atomic E-state index is 13.7. The number of ether oxygens (including phenoxy) is 1. The zero-order valence-corrected chi connectivity index (χ0v) is 22.3. The highest BCUT2D eigenvalue weighted by Gasteiger charge is 2.35. The summed E-state index contributed by atoms with van der Waals surface area (Å²) in [5, 5.41) is 6.00. The monoisotopic (exact) mass is 547 g/mol. The summed E-state index contributed by atoms with van der Waals surface area (Å²) in [5.41, 5.74) is 2.21. The second-order valence-corrected chi connectivity index (χ2v) is 10.5. The van der Waals surface area contributed by atoms with E-state index in [4.69, 9.17) is 4.74 Å². The highest BCUT2D eigenvalue weighted by Crippen LogP contribution is 2.45. The summed E-state index contributed by atoms with van der Waals surface area (Å²) >= 11 is 0. The van der Waals surface area contributed by atoms with Crippen molar-refractivity contribution in [2.45, 2.75) is 44.2 Å². The van der Waals surface area contributed by atoms with Crippen LogP contribution in [0.4, 0.5) is 41.1 Å². The fourth-order valence-electron chi connectivity index (χ4n) is 4.99. The molecule has 2 saturated heterocycles. The Morgan fingerprint density at radius 2 is 1.90 bits per heavy atom. The Kier molecular flexibility index (Phi) is 8.29. The summed E-state index contributed by atoms with van der Waals surface area (Å²) in [6, 6.07) is 6.23. The molecule has 5 rings (SSSR count). The molecule has 1 aliphatic carbocycles. The van der Waals surface area contributed by atoms with Gasteiger partial charge >= 0.3 is 12.3 Å². The number of nitrogens with zero attached hydrogens (tertiary/aromatic N) is 5. The molecule has 2 N–H and O–H groups in total. The summed E-state index contributed by atoms with van der Waals surface area (Å²) in [4.78, 5) is 26.5. The van der Waals surface area contributed by atoms with Crippen molar-refractivity contribution in [3.8, 4) is 0 Å². The van der Waals surface area contributed by atoms with Crippen LogP contribution in [0.1, 0.15) is 49.1 Å². The molecule has 39 heavy (non-hydrogen) atoms. The average molecular weight is 548 g/mol. The lowest BCUT2D eigenvalue weighted by molar-refractivity contribution is -0.137. The first-order chi connectivity index (χ1) is 18.8. The van der Waals surface area contributed by atoms with E-state index in [-0.39, 0.29) is 24.4 Å². The normalized spacial score (nSPS) is 19.0. The number of hydrogen-bond acceptors (Lipinski definition) is 8. The van der Waals surface area contributed by atoms with Crippen LogP contribution in [0, 0.1) is 0 Å². The van der Waals surface area contributed by atoms with E-state index in [2.05, 4.69) is 49.6 Å². The molecule has 12 heteroatoms. The van der Waals surface area contributed by atoms with Crippen LogP contribution in [0.25, 0.3) is 0 Å². The molecule has 0 unspecified atom stereocenters. The van der Waals surface area contributed by atoms with Gasteiger partial charge in [-0.1, -0.05) is 0 Å². The smallest absolute Gasteiger partial charge is 0.421 e. The Morgan fingerprint density at radius 1 is 1.10 bits per heavy atom. The summed E-state index contributed by atoms with van der Waals surface area (Å²) in [5.74, 6) is 0.258. The highest BCUT2D eigenvalue weighted by atomic mass is 19.4. The molecule has 0 bridgehead atoms. The fraction of sp³-hybridized carbons (Fsp3) is 0.593. The van der Waals surface area contributed by atoms with Gasteiger partial charge in [0.1, 0.15) is 11.4 Å². The molecule has 212 valence electrons. The third-order valence-electron chi connectivity index (χ3n) is 7.46. The van der Waals surface area contributed by atoms with Gasteiger partial charge in [-0.2, -0.15) is 18.2 Å². The first-order valence-electron chi connectivity index (χ1n) is 13.7. The molecule has 3 heterocycles. The van der Waals surface area contributed by atoms with Gasteiger partial charge in [-0.3, -0.25) is 0 Å². The second kappa shape index (κ2) is 11.8. The molecule has 0 atom stereocenters. The van der Waals surface area contributed by atoms with E-state index in [1.54, 1.807) is 4.90 Å². The van der Waals surface area contributed by atoms with E-state index in [1.807, 2.05) is 6.07 Å². The van der Waals surface area contributed by atoms with Gasteiger partial charge in [0.05, 0.1) is 6.61 Å². The molecular formula is C27H36F3N7O2. The average Bonchev–Trinajstić information content (AvgIpc) is 3.76. The molecule has 0 spiro atoms. The van der Waals surface area contributed by atoms with Crippen LogP contribution in [0.2, 0.25) is 0 Å². The lowest BCUT2D eigenvalue weighted by Gasteiger charge is -2.34. The molecule has 1 saturated carbocycles. The Balaban J connectivity index is 1.28. The largest absolute Gasteiger partial charge is 0.449 e. The Labute approximate surface area is 226 Å². The molecule has 3 aliphatic rings. The Hall–Kier alpha value is -3.28. The summed E-state index contributed by atoms with van der Waals surface area (Å²) in [6.07, 6.45) is 0.141. The van der Waals surface area contributed by atoms with E-state index >= 15 is 0 Å². The number of piperazine rings is 1. The van der Waals surface area contributed by atoms with Gasteiger partial charge in [0.2, 0.25) is 5.95 Å². The van der Waals surface area contributed by atoms with Crippen molar-refractivity contribution in [2.75, 3.05) is 75.0 Å². The predicted octanol–water partition coefficient (Wildman–Crippen LogP) is 4.90. The molecule has 1 aromatic carbocycles. The van der Waals surface area contributed by atoms with Crippen LogP contribution in [0.5, 0.6) is 0 Å². The molecule has 2 aliphatic heterocycles.